The SMILES string of the molecule is CCC(CC(=O)O)Cn1nnnc1-c1ccc(C)o1. The Balaban J connectivity index is 2.17. The monoisotopic (exact) mass is 264 g/mol. The molecular formula is C12H16N4O3. The fourth-order valence-electron chi connectivity index (χ4n) is 1.89. The highest BCUT2D eigenvalue weighted by Gasteiger charge is 2.17. The van der Waals surface area contributed by atoms with E-state index < -0.39 is 5.97 Å². The number of nitrogens with zero attached hydrogens (tertiary/aromatic N) is 4. The van der Waals surface area contributed by atoms with Crippen LogP contribution in [0.2, 0.25) is 0 Å². The molecule has 0 saturated heterocycles. The van der Waals surface area contributed by atoms with Gasteiger partial charge in [0.2, 0.25) is 5.82 Å². The van der Waals surface area contributed by atoms with Crippen molar-refractivity contribution in [3.05, 3.63) is 17.9 Å². The summed E-state index contributed by atoms with van der Waals surface area (Å²) in [7, 11) is 0. The zero-order chi connectivity index (χ0) is 13.8. The normalized spacial score (nSPS) is 12.5. The molecule has 0 radical (unpaired) electrons. The van der Waals surface area contributed by atoms with E-state index in [2.05, 4.69) is 15.5 Å². The van der Waals surface area contributed by atoms with Gasteiger partial charge in [0.1, 0.15) is 5.76 Å². The zero-order valence-electron chi connectivity index (χ0n) is 10.9. The van der Waals surface area contributed by atoms with Gasteiger partial charge in [-0.15, -0.1) is 5.10 Å². The molecule has 0 aliphatic carbocycles. The van der Waals surface area contributed by atoms with E-state index in [1.54, 1.807) is 10.7 Å². The van der Waals surface area contributed by atoms with Gasteiger partial charge in [-0.3, -0.25) is 4.79 Å². The fourth-order valence-corrected chi connectivity index (χ4v) is 1.89. The molecule has 2 aromatic heterocycles. The van der Waals surface area contributed by atoms with Crippen molar-refractivity contribution < 1.29 is 14.3 Å². The lowest BCUT2D eigenvalue weighted by Gasteiger charge is -2.12. The van der Waals surface area contributed by atoms with Gasteiger partial charge in [0.05, 0.1) is 0 Å². The van der Waals surface area contributed by atoms with E-state index in [4.69, 9.17) is 9.52 Å². The molecule has 0 aliphatic heterocycles. The Kier molecular flexibility index (Phi) is 3.94. The predicted molar refractivity (Wildman–Crippen MR) is 66.3 cm³/mol. The average molecular weight is 264 g/mol. The van der Waals surface area contributed by atoms with Crippen molar-refractivity contribution >= 4 is 5.97 Å². The summed E-state index contributed by atoms with van der Waals surface area (Å²) in [4.78, 5) is 10.8. The van der Waals surface area contributed by atoms with Gasteiger partial charge in [-0.1, -0.05) is 13.3 Å². The second-order valence-corrected chi connectivity index (χ2v) is 4.47. The van der Waals surface area contributed by atoms with E-state index in [0.717, 1.165) is 12.2 Å². The smallest absolute Gasteiger partial charge is 0.303 e. The van der Waals surface area contributed by atoms with E-state index in [1.807, 2.05) is 19.9 Å². The predicted octanol–water partition coefficient (Wildman–Crippen LogP) is 1.74. The molecule has 1 unspecified atom stereocenters. The van der Waals surface area contributed by atoms with Gasteiger partial charge in [0.15, 0.2) is 5.76 Å². The molecular weight excluding hydrogens is 248 g/mol. The van der Waals surface area contributed by atoms with E-state index in [9.17, 15) is 4.79 Å². The molecule has 1 N–H and O–H groups in total. The number of aliphatic carboxylic acids is 1. The van der Waals surface area contributed by atoms with Gasteiger partial charge in [-0.2, -0.15) is 0 Å². The molecule has 0 fully saturated rings. The molecule has 2 rings (SSSR count). The molecule has 0 aliphatic rings. The number of carbonyl (C=O) groups is 1. The first kappa shape index (κ1) is 13.3. The van der Waals surface area contributed by atoms with Crippen molar-refractivity contribution in [2.45, 2.75) is 33.2 Å². The summed E-state index contributed by atoms with van der Waals surface area (Å²) in [5.74, 6) is 1.08. The first-order valence-corrected chi connectivity index (χ1v) is 6.15. The van der Waals surface area contributed by atoms with Crippen molar-refractivity contribution in [3.8, 4) is 11.6 Å². The zero-order valence-corrected chi connectivity index (χ0v) is 10.9. The van der Waals surface area contributed by atoms with Gasteiger partial charge in [0, 0.05) is 13.0 Å². The highest BCUT2D eigenvalue weighted by molar-refractivity contribution is 5.67. The van der Waals surface area contributed by atoms with Crippen molar-refractivity contribution in [2.24, 2.45) is 5.92 Å². The Morgan fingerprint density at radius 3 is 2.89 bits per heavy atom. The van der Waals surface area contributed by atoms with Crippen molar-refractivity contribution in [3.63, 3.8) is 0 Å². The minimum absolute atomic E-state index is 0.00388. The molecule has 7 nitrogen and oxygen atoms in total. The summed E-state index contributed by atoms with van der Waals surface area (Å²) >= 11 is 0. The van der Waals surface area contributed by atoms with Crippen molar-refractivity contribution in [1.82, 2.24) is 20.2 Å². The van der Waals surface area contributed by atoms with Crippen LogP contribution in [0.15, 0.2) is 16.5 Å². The third-order valence-electron chi connectivity index (χ3n) is 2.96. The Hall–Kier alpha value is -2.18. The van der Waals surface area contributed by atoms with Gasteiger partial charge in [-0.05, 0) is 35.4 Å². The number of carboxylic acid groups (broad SMARTS) is 1. The topological polar surface area (TPSA) is 94.0 Å². The summed E-state index contributed by atoms with van der Waals surface area (Å²) in [6, 6.07) is 3.64. The summed E-state index contributed by atoms with van der Waals surface area (Å²) in [6.07, 6.45) is 0.857. The van der Waals surface area contributed by atoms with Crippen LogP contribution in [0.5, 0.6) is 0 Å². The average Bonchev–Trinajstić information content (AvgIpc) is 2.96. The van der Waals surface area contributed by atoms with Crippen LogP contribution in [0.3, 0.4) is 0 Å². The van der Waals surface area contributed by atoms with Crippen LogP contribution in [-0.4, -0.2) is 31.3 Å². The maximum atomic E-state index is 10.8. The second-order valence-electron chi connectivity index (χ2n) is 4.47. The first-order chi connectivity index (χ1) is 9.10. The van der Waals surface area contributed by atoms with E-state index in [0.29, 0.717) is 18.1 Å². The number of aryl methyl sites for hydroxylation is 1. The number of furan rings is 1. The Morgan fingerprint density at radius 1 is 1.53 bits per heavy atom. The van der Waals surface area contributed by atoms with Gasteiger partial charge < -0.3 is 9.52 Å². The molecule has 0 amide bonds. The van der Waals surface area contributed by atoms with E-state index in [1.165, 1.54) is 0 Å². The lowest BCUT2D eigenvalue weighted by atomic mass is 10.0. The molecule has 0 saturated carbocycles. The molecule has 1 atom stereocenters. The molecule has 7 heteroatoms. The highest BCUT2D eigenvalue weighted by Crippen LogP contribution is 2.20. The standard InChI is InChI=1S/C12H16N4O3/c1-3-9(6-11(17)18)7-16-12(13-14-15-16)10-5-4-8(2)19-10/h4-5,9H,3,6-7H2,1-2H3,(H,17,18). The molecule has 2 aromatic rings. The van der Waals surface area contributed by atoms with Crippen molar-refractivity contribution in [2.75, 3.05) is 0 Å². The lowest BCUT2D eigenvalue weighted by Crippen LogP contribution is -2.16. The number of tetrazole rings is 1. The molecule has 2 heterocycles. The largest absolute Gasteiger partial charge is 0.481 e. The Labute approximate surface area is 110 Å². The summed E-state index contributed by atoms with van der Waals surface area (Å²) in [5.41, 5.74) is 0. The van der Waals surface area contributed by atoms with Crippen LogP contribution in [-0.2, 0) is 11.3 Å². The van der Waals surface area contributed by atoms with Gasteiger partial charge >= 0.3 is 5.97 Å². The number of aromatic nitrogens is 4. The van der Waals surface area contributed by atoms with E-state index >= 15 is 0 Å². The van der Waals surface area contributed by atoms with Crippen LogP contribution < -0.4 is 0 Å². The Bertz CT molecular complexity index is 561. The fraction of sp³-hybridized carbons (Fsp3) is 0.500. The first-order valence-electron chi connectivity index (χ1n) is 6.15. The third kappa shape index (κ3) is 3.18. The van der Waals surface area contributed by atoms with Crippen LogP contribution in [0.1, 0.15) is 25.5 Å². The molecule has 19 heavy (non-hydrogen) atoms. The molecule has 0 bridgehead atoms. The Morgan fingerprint density at radius 2 is 2.32 bits per heavy atom. The number of rotatable bonds is 6. The maximum Gasteiger partial charge on any atom is 0.303 e. The number of hydrogen-bond donors (Lipinski definition) is 1. The number of carboxylic acids is 1. The summed E-state index contributed by atoms with van der Waals surface area (Å²) < 4.78 is 7.08. The summed E-state index contributed by atoms with van der Waals surface area (Å²) in [6.45, 7) is 4.26. The van der Waals surface area contributed by atoms with Gasteiger partial charge in [0.25, 0.3) is 0 Å². The van der Waals surface area contributed by atoms with Crippen LogP contribution in [0.4, 0.5) is 0 Å². The minimum atomic E-state index is -0.810. The third-order valence-corrected chi connectivity index (χ3v) is 2.96. The molecule has 102 valence electrons. The lowest BCUT2D eigenvalue weighted by molar-refractivity contribution is -0.138. The number of hydrogen-bond acceptors (Lipinski definition) is 5. The van der Waals surface area contributed by atoms with Crippen molar-refractivity contribution in [1.29, 1.82) is 0 Å². The minimum Gasteiger partial charge on any atom is -0.481 e. The summed E-state index contributed by atoms with van der Waals surface area (Å²) in [5, 5.41) is 20.3. The quantitative estimate of drug-likeness (QED) is 0.854. The second kappa shape index (κ2) is 5.64. The van der Waals surface area contributed by atoms with Crippen LogP contribution in [0, 0.1) is 12.8 Å². The van der Waals surface area contributed by atoms with Crippen LogP contribution in [0.25, 0.3) is 11.6 Å². The molecule has 0 spiro atoms. The highest BCUT2D eigenvalue weighted by atomic mass is 16.4. The molecule has 0 aromatic carbocycles. The maximum absolute atomic E-state index is 10.8. The van der Waals surface area contributed by atoms with Gasteiger partial charge in [-0.25, -0.2) is 4.68 Å². The van der Waals surface area contributed by atoms with E-state index in [-0.39, 0.29) is 12.3 Å². The van der Waals surface area contributed by atoms with Crippen LogP contribution >= 0.6 is 0 Å².